The van der Waals surface area contributed by atoms with Crippen molar-refractivity contribution in [3.63, 3.8) is 0 Å². The molecule has 16 heavy (non-hydrogen) atoms. The van der Waals surface area contributed by atoms with Crippen LogP contribution in [0.15, 0.2) is 0 Å². The molecule has 0 fully saturated rings. The van der Waals surface area contributed by atoms with E-state index >= 15 is 0 Å². The van der Waals surface area contributed by atoms with Crippen LogP contribution in [0.5, 0.6) is 0 Å². The molecule has 0 rings (SSSR count). The predicted molar refractivity (Wildman–Crippen MR) is 64.5 cm³/mol. The number of hydrogen-bond acceptors (Lipinski definition) is 2. The third-order valence-electron chi connectivity index (χ3n) is 2.52. The lowest BCUT2D eigenvalue weighted by molar-refractivity contribution is -0.107. The van der Waals surface area contributed by atoms with E-state index in [9.17, 15) is 9.36 Å². The molecule has 0 aromatic carbocycles. The number of aldehydes is 1. The molecule has 2 N–H and O–H groups in total. The van der Waals surface area contributed by atoms with Gasteiger partial charge in [0.1, 0.15) is 6.29 Å². The molecule has 0 saturated carbocycles. The highest BCUT2D eigenvalue weighted by molar-refractivity contribution is 7.51. The minimum absolute atomic E-state index is 0.0202. The number of carbonyl (C=O) groups excluding carboxylic acids is 1. The molecular weight excluding hydrogens is 227 g/mol. The first kappa shape index (κ1) is 15.8. The second kappa shape index (κ2) is 10.0. The van der Waals surface area contributed by atoms with Crippen molar-refractivity contribution in [3.05, 3.63) is 0 Å². The van der Waals surface area contributed by atoms with Gasteiger partial charge in [0.15, 0.2) is 0 Å². The largest absolute Gasteiger partial charge is 0.325 e. The Balaban J connectivity index is 3.04. The van der Waals surface area contributed by atoms with E-state index in [-0.39, 0.29) is 6.16 Å². The molecule has 0 amide bonds. The molecule has 4 nitrogen and oxygen atoms in total. The maximum Gasteiger partial charge on any atom is 0.325 e. The fourth-order valence-corrected chi connectivity index (χ4v) is 2.24. The highest BCUT2D eigenvalue weighted by Gasteiger charge is 2.10. The van der Waals surface area contributed by atoms with Gasteiger partial charge >= 0.3 is 7.60 Å². The van der Waals surface area contributed by atoms with Crippen LogP contribution < -0.4 is 0 Å². The second-order valence-corrected chi connectivity index (χ2v) is 5.95. The third kappa shape index (κ3) is 13.8. The predicted octanol–water partition coefficient (Wildman–Crippen LogP) is 2.87. The van der Waals surface area contributed by atoms with E-state index in [1.54, 1.807) is 0 Å². The molecule has 0 aliphatic carbocycles. The number of carbonyl (C=O) groups is 1. The monoisotopic (exact) mass is 250 g/mol. The van der Waals surface area contributed by atoms with E-state index in [4.69, 9.17) is 9.79 Å². The first-order valence-electron chi connectivity index (χ1n) is 6.04. The average Bonchev–Trinajstić information content (AvgIpc) is 2.19. The summed E-state index contributed by atoms with van der Waals surface area (Å²) in [5.41, 5.74) is 0. The van der Waals surface area contributed by atoms with Gasteiger partial charge < -0.3 is 14.6 Å². The van der Waals surface area contributed by atoms with Gasteiger partial charge in [0.05, 0.1) is 0 Å². The van der Waals surface area contributed by atoms with E-state index in [1.165, 1.54) is 0 Å². The molecule has 0 radical (unpaired) electrons. The minimum Gasteiger partial charge on any atom is -0.324 e. The Hall–Kier alpha value is -0.180. The summed E-state index contributed by atoms with van der Waals surface area (Å²) in [6, 6.07) is 0. The summed E-state index contributed by atoms with van der Waals surface area (Å²) >= 11 is 0. The molecule has 0 aromatic rings. The van der Waals surface area contributed by atoms with E-state index < -0.39 is 7.60 Å². The number of unbranched alkanes of at least 4 members (excludes halogenated alkanes) is 8. The van der Waals surface area contributed by atoms with Crippen molar-refractivity contribution in [1.29, 1.82) is 0 Å². The lowest BCUT2D eigenvalue weighted by atomic mass is 10.1. The van der Waals surface area contributed by atoms with Gasteiger partial charge in [-0.25, -0.2) is 0 Å². The number of hydrogen-bond donors (Lipinski definition) is 2. The maximum absolute atomic E-state index is 10.5. The van der Waals surface area contributed by atoms with Gasteiger partial charge in [-0.15, -0.1) is 0 Å². The number of rotatable bonds is 11. The Bertz CT molecular complexity index is 212. The molecule has 0 saturated heterocycles. The molecule has 0 bridgehead atoms. The smallest absolute Gasteiger partial charge is 0.324 e. The minimum atomic E-state index is -3.77. The summed E-state index contributed by atoms with van der Waals surface area (Å²) in [6.45, 7) is 0. The Morgan fingerprint density at radius 1 is 0.812 bits per heavy atom. The van der Waals surface area contributed by atoms with Gasteiger partial charge in [0, 0.05) is 12.6 Å². The van der Waals surface area contributed by atoms with Crippen molar-refractivity contribution in [3.8, 4) is 0 Å². The van der Waals surface area contributed by atoms with Crippen molar-refractivity contribution < 1.29 is 19.1 Å². The Labute approximate surface area is 97.6 Å². The van der Waals surface area contributed by atoms with Crippen molar-refractivity contribution >= 4 is 13.9 Å². The standard InChI is InChI=1S/C11H23O4P/c12-10-8-6-4-2-1-3-5-7-9-11-16(13,14)15/h10H,1-9,11H2,(H2,13,14,15). The lowest BCUT2D eigenvalue weighted by Crippen LogP contribution is -1.88. The topological polar surface area (TPSA) is 74.6 Å². The van der Waals surface area contributed by atoms with Crippen LogP contribution in [0.1, 0.15) is 57.8 Å². The average molecular weight is 250 g/mol. The zero-order valence-electron chi connectivity index (χ0n) is 9.81. The molecular formula is C11H23O4P. The van der Waals surface area contributed by atoms with Crippen molar-refractivity contribution in [2.45, 2.75) is 57.8 Å². The highest BCUT2D eigenvalue weighted by atomic mass is 31.2. The molecule has 0 aromatic heterocycles. The van der Waals surface area contributed by atoms with Crippen molar-refractivity contribution in [2.75, 3.05) is 6.16 Å². The van der Waals surface area contributed by atoms with E-state index in [2.05, 4.69) is 0 Å². The van der Waals surface area contributed by atoms with Gasteiger partial charge in [0.2, 0.25) is 0 Å². The molecule has 0 spiro atoms. The van der Waals surface area contributed by atoms with Crippen LogP contribution in [0.4, 0.5) is 0 Å². The first-order chi connectivity index (χ1) is 7.56. The first-order valence-corrected chi connectivity index (χ1v) is 7.84. The molecule has 96 valence electrons. The lowest BCUT2D eigenvalue weighted by Gasteiger charge is -2.03. The fourth-order valence-electron chi connectivity index (χ4n) is 1.61. The summed E-state index contributed by atoms with van der Waals surface area (Å²) in [6.07, 6.45) is 9.77. The molecule has 0 heterocycles. The SMILES string of the molecule is O=CCCCCCCCCCCP(=O)(O)O. The van der Waals surface area contributed by atoms with E-state index in [0.29, 0.717) is 12.8 Å². The summed E-state index contributed by atoms with van der Waals surface area (Å²) < 4.78 is 10.5. The third-order valence-corrected chi connectivity index (χ3v) is 3.42. The van der Waals surface area contributed by atoms with Crippen LogP contribution >= 0.6 is 7.60 Å². The molecule has 0 atom stereocenters. The molecule has 5 heteroatoms. The summed E-state index contributed by atoms with van der Waals surface area (Å²) in [5.74, 6) is 0. The molecule has 0 unspecified atom stereocenters. The van der Waals surface area contributed by atoms with E-state index in [1.807, 2.05) is 0 Å². The highest BCUT2D eigenvalue weighted by Crippen LogP contribution is 2.35. The Morgan fingerprint density at radius 2 is 1.25 bits per heavy atom. The second-order valence-electron chi connectivity index (χ2n) is 4.17. The van der Waals surface area contributed by atoms with Gasteiger partial charge in [-0.05, 0) is 12.8 Å². The fraction of sp³-hybridized carbons (Fsp3) is 0.909. The van der Waals surface area contributed by atoms with Crippen LogP contribution in [0, 0.1) is 0 Å². The Morgan fingerprint density at radius 3 is 1.69 bits per heavy atom. The summed E-state index contributed by atoms with van der Waals surface area (Å²) in [7, 11) is -3.77. The normalized spacial score (nSPS) is 11.6. The van der Waals surface area contributed by atoms with Crippen LogP contribution in [-0.2, 0) is 9.36 Å². The quantitative estimate of drug-likeness (QED) is 0.336. The van der Waals surface area contributed by atoms with Gasteiger partial charge in [-0.3, -0.25) is 4.57 Å². The maximum atomic E-state index is 10.5. The molecule has 0 aliphatic heterocycles. The van der Waals surface area contributed by atoms with E-state index in [0.717, 1.165) is 51.2 Å². The van der Waals surface area contributed by atoms with Crippen LogP contribution in [-0.4, -0.2) is 22.2 Å². The van der Waals surface area contributed by atoms with Gasteiger partial charge in [-0.2, -0.15) is 0 Å². The molecule has 0 aliphatic rings. The van der Waals surface area contributed by atoms with Crippen molar-refractivity contribution in [2.24, 2.45) is 0 Å². The summed E-state index contributed by atoms with van der Waals surface area (Å²) in [5, 5.41) is 0. The Kier molecular flexibility index (Phi) is 9.89. The van der Waals surface area contributed by atoms with Crippen molar-refractivity contribution in [1.82, 2.24) is 0 Å². The van der Waals surface area contributed by atoms with Crippen LogP contribution in [0.2, 0.25) is 0 Å². The van der Waals surface area contributed by atoms with Gasteiger partial charge in [-0.1, -0.05) is 38.5 Å². The zero-order chi connectivity index (χ0) is 12.3. The summed E-state index contributed by atoms with van der Waals surface area (Å²) in [4.78, 5) is 27.3. The van der Waals surface area contributed by atoms with Crippen LogP contribution in [0.3, 0.4) is 0 Å². The van der Waals surface area contributed by atoms with Gasteiger partial charge in [0.25, 0.3) is 0 Å². The zero-order valence-corrected chi connectivity index (χ0v) is 10.7. The van der Waals surface area contributed by atoms with Crippen LogP contribution in [0.25, 0.3) is 0 Å².